The highest BCUT2D eigenvalue weighted by Crippen LogP contribution is 2.08. The Bertz CT molecular complexity index is 230. The summed E-state index contributed by atoms with van der Waals surface area (Å²) in [6.07, 6.45) is 0. The Hall–Kier alpha value is -0.980. The molecule has 1 aromatic carbocycles. The molecule has 0 fully saturated rings. The first kappa shape index (κ1) is 2.09. The Balaban J connectivity index is 3.60. The molecule has 42 valence electrons. The van der Waals surface area contributed by atoms with Crippen LogP contribution in [0.2, 0.25) is 0 Å². The van der Waals surface area contributed by atoms with Crippen LogP contribution in [0, 0.1) is 6.92 Å². The summed E-state index contributed by atoms with van der Waals surface area (Å²) in [4.78, 5) is 0. The van der Waals surface area contributed by atoms with E-state index in [0.29, 0.717) is 0 Å². The zero-order valence-electron chi connectivity index (χ0n) is 8.45. The van der Waals surface area contributed by atoms with Gasteiger partial charge in [-0.2, -0.15) is 0 Å². The molecule has 1 aromatic rings. The average molecular weight is 112 g/mol. The molecule has 0 aliphatic heterocycles. The lowest BCUT2D eigenvalue weighted by molar-refractivity contribution is 0.475. The van der Waals surface area contributed by atoms with E-state index < -0.39 is 11.8 Å². The summed E-state index contributed by atoms with van der Waals surface area (Å²) in [5.74, 6) is -0.520. The molecule has 0 spiro atoms. The van der Waals surface area contributed by atoms with Crippen molar-refractivity contribution in [2.75, 3.05) is 0 Å². The van der Waals surface area contributed by atoms with Gasteiger partial charge in [-0.3, -0.25) is 0 Å². The van der Waals surface area contributed by atoms with Gasteiger partial charge in [0, 0.05) is 0 Å². The summed E-state index contributed by atoms with van der Waals surface area (Å²) in [5.41, 5.74) is 0.230. The van der Waals surface area contributed by atoms with Gasteiger partial charge in [-0.15, -0.1) is 0 Å². The molecule has 0 amide bonds. The number of benzene rings is 1. The minimum atomic E-state index is -0.520. The van der Waals surface area contributed by atoms with Crippen molar-refractivity contribution >= 4 is 0 Å². The van der Waals surface area contributed by atoms with Crippen LogP contribution >= 0.6 is 0 Å². The molecule has 0 saturated heterocycles. The van der Waals surface area contributed by atoms with E-state index in [-0.39, 0.29) is 23.7 Å². The first-order valence-corrected chi connectivity index (χ1v) is 2.22. The molecular weight excluding hydrogens is 100 g/mol. The summed E-state index contributed by atoms with van der Waals surface area (Å²) in [7, 11) is 0. The van der Waals surface area contributed by atoms with Crippen molar-refractivity contribution in [1.82, 2.24) is 0 Å². The third-order valence-electron chi connectivity index (χ3n) is 0.737. The van der Waals surface area contributed by atoms with Crippen LogP contribution in [-0.4, -0.2) is 5.11 Å². The van der Waals surface area contributed by atoms with Crippen LogP contribution in [-0.2, 0) is 0 Å². The van der Waals surface area contributed by atoms with E-state index in [1.165, 1.54) is 6.92 Å². The maximum absolute atomic E-state index is 9.11. The maximum atomic E-state index is 9.11. The number of aromatic hydroxyl groups is 1. The van der Waals surface area contributed by atoms with E-state index in [0.717, 1.165) is 0 Å². The molecule has 1 nitrogen and oxygen atoms in total. The molecule has 8 heavy (non-hydrogen) atoms. The topological polar surface area (TPSA) is 20.2 Å². The van der Waals surface area contributed by atoms with Crippen molar-refractivity contribution in [3.63, 3.8) is 0 Å². The van der Waals surface area contributed by atoms with Gasteiger partial charge in [0.25, 0.3) is 0 Å². The quantitative estimate of drug-likeness (QED) is 0.541. The smallest absolute Gasteiger partial charge is 0.115 e. The Morgan fingerprint density at radius 2 is 2.38 bits per heavy atom. The summed E-state index contributed by atoms with van der Waals surface area (Å²) in [6, 6.07) is -1.18. The van der Waals surface area contributed by atoms with Crippen LogP contribution in [0.25, 0.3) is 0 Å². The lowest BCUT2D eigenvalue weighted by Crippen LogP contribution is -1.66. The number of phenols is 1. The van der Waals surface area contributed by atoms with Gasteiger partial charge < -0.3 is 5.11 Å². The lowest BCUT2D eigenvalue weighted by Gasteiger charge is -1.89. The van der Waals surface area contributed by atoms with Gasteiger partial charge in [0.05, 0.1) is 5.48 Å². The van der Waals surface area contributed by atoms with Crippen LogP contribution < -0.4 is 0 Å². The van der Waals surface area contributed by atoms with Gasteiger partial charge in [0.15, 0.2) is 0 Å². The average Bonchev–Trinajstić information content (AvgIpc) is 2.08. The largest absolute Gasteiger partial charge is 0.508 e. The second-order valence-electron chi connectivity index (χ2n) is 1.47. The summed E-state index contributed by atoms with van der Waals surface area (Å²) < 4.78 is 28.9. The third-order valence-corrected chi connectivity index (χ3v) is 0.737. The Labute approximate surface area is 54.2 Å². The molecule has 1 N–H and O–H groups in total. The highest BCUT2D eigenvalue weighted by molar-refractivity contribution is 5.25. The van der Waals surface area contributed by atoms with Gasteiger partial charge in [-0.1, -0.05) is 12.1 Å². The van der Waals surface area contributed by atoms with Crippen molar-refractivity contribution in [2.24, 2.45) is 0 Å². The van der Waals surface area contributed by atoms with E-state index in [2.05, 4.69) is 0 Å². The van der Waals surface area contributed by atoms with E-state index in [1.54, 1.807) is 0 Å². The Morgan fingerprint density at radius 1 is 1.62 bits per heavy atom. The van der Waals surface area contributed by atoms with Gasteiger partial charge in [0.1, 0.15) is 5.75 Å². The van der Waals surface area contributed by atoms with Gasteiger partial charge >= 0.3 is 0 Å². The van der Waals surface area contributed by atoms with Crippen molar-refractivity contribution in [3.8, 4) is 5.75 Å². The zero-order valence-corrected chi connectivity index (χ0v) is 4.45. The highest BCUT2D eigenvalue weighted by Gasteiger charge is 1.83. The van der Waals surface area contributed by atoms with Crippen LogP contribution in [0.15, 0.2) is 24.2 Å². The normalized spacial score (nSPS) is 16.1. The van der Waals surface area contributed by atoms with Crippen molar-refractivity contribution in [2.45, 2.75) is 6.92 Å². The zero-order chi connectivity index (χ0) is 9.46. The minimum absolute atomic E-state index is 0.164. The van der Waals surface area contributed by atoms with Crippen LogP contribution in [0.3, 0.4) is 0 Å². The van der Waals surface area contributed by atoms with E-state index in [9.17, 15) is 0 Å². The number of hydrogen-bond acceptors (Lipinski definition) is 1. The minimum Gasteiger partial charge on any atom is -0.508 e. The predicted octanol–water partition coefficient (Wildman–Crippen LogP) is 1.70. The first-order valence-electron chi connectivity index (χ1n) is 4.22. The van der Waals surface area contributed by atoms with Gasteiger partial charge in [-0.05, 0) is 24.6 Å². The Kier molecular flexibility index (Phi) is 0.488. The van der Waals surface area contributed by atoms with Crippen molar-refractivity contribution < 1.29 is 10.6 Å². The third kappa shape index (κ3) is 0.997. The van der Waals surface area contributed by atoms with E-state index in [4.69, 9.17) is 10.6 Å². The number of rotatable bonds is 0. The van der Waals surface area contributed by atoms with E-state index in [1.807, 2.05) is 0 Å². The molecule has 1 heteroatoms. The maximum Gasteiger partial charge on any atom is 0.115 e. The van der Waals surface area contributed by atoms with Crippen LogP contribution in [0.1, 0.15) is 11.0 Å². The first-order chi connectivity index (χ1) is 5.46. The molecule has 0 unspecified atom stereocenters. The molecule has 0 saturated carbocycles. The van der Waals surface area contributed by atoms with Gasteiger partial charge in [-0.25, -0.2) is 0 Å². The van der Waals surface area contributed by atoms with Gasteiger partial charge in [0.2, 0.25) is 0 Å². The standard InChI is InChI=1S/C7H8O/c1-6-3-2-4-7(8)5-6/h2-5,8H,1H3/i2D,3D,4D,5D. The number of phenolic OH excluding ortho intramolecular Hbond substituents is 1. The molecule has 1 rings (SSSR count). The molecule has 0 aliphatic rings. The van der Waals surface area contributed by atoms with Crippen LogP contribution in [0.4, 0.5) is 0 Å². The summed E-state index contributed by atoms with van der Waals surface area (Å²) >= 11 is 0. The molecular formula is C7H8O. The SMILES string of the molecule is [2H]c1c([2H])c(C)c([2H])c(O)c1[2H]. The molecule has 0 radical (unpaired) electrons. The Morgan fingerprint density at radius 3 is 3.12 bits per heavy atom. The van der Waals surface area contributed by atoms with Crippen molar-refractivity contribution in [1.29, 1.82) is 0 Å². The van der Waals surface area contributed by atoms with E-state index >= 15 is 0 Å². The number of hydrogen-bond donors (Lipinski definition) is 1. The van der Waals surface area contributed by atoms with Crippen LogP contribution in [0.5, 0.6) is 5.75 Å². The predicted molar refractivity (Wildman–Crippen MR) is 32.8 cm³/mol. The highest BCUT2D eigenvalue weighted by atomic mass is 16.3. The monoisotopic (exact) mass is 112 g/mol. The molecule has 0 aliphatic carbocycles. The molecule has 0 aromatic heterocycles. The molecule has 0 bridgehead atoms. The lowest BCUT2D eigenvalue weighted by atomic mass is 10.2. The summed E-state index contributed by atoms with van der Waals surface area (Å²) in [6.45, 7) is 1.47. The second-order valence-corrected chi connectivity index (χ2v) is 1.47. The van der Waals surface area contributed by atoms with Crippen molar-refractivity contribution in [3.05, 3.63) is 29.7 Å². The molecule has 0 atom stereocenters. The fourth-order valence-electron chi connectivity index (χ4n) is 0.424. The second kappa shape index (κ2) is 1.86. The fourth-order valence-corrected chi connectivity index (χ4v) is 0.424. The summed E-state index contributed by atoms with van der Waals surface area (Å²) in [5, 5.41) is 9.11. The fraction of sp³-hybridized carbons (Fsp3) is 0.143. The molecule has 0 heterocycles.